The number of carbonyl (C=O) groups excluding carboxylic acids is 1. The maximum atomic E-state index is 12.3. The Kier molecular flexibility index (Phi) is 4.13. The second kappa shape index (κ2) is 6.02. The van der Waals surface area contributed by atoms with Gasteiger partial charge < -0.3 is 4.90 Å². The Bertz CT molecular complexity index is 603. The minimum absolute atomic E-state index is 0.243. The average Bonchev–Trinajstić information content (AvgIpc) is 2.93. The third-order valence-corrected chi connectivity index (χ3v) is 5.56. The van der Waals surface area contributed by atoms with Crippen molar-refractivity contribution in [3.8, 4) is 0 Å². The van der Waals surface area contributed by atoms with Crippen LogP contribution in [0.5, 0.6) is 0 Å². The summed E-state index contributed by atoms with van der Waals surface area (Å²) in [6, 6.07) is 10.5. The highest BCUT2D eigenvalue weighted by atomic mass is 32.2. The Hall–Kier alpha value is -1.26. The van der Waals surface area contributed by atoms with E-state index in [0.29, 0.717) is 5.75 Å². The van der Waals surface area contributed by atoms with Crippen LogP contribution < -0.4 is 0 Å². The predicted molar refractivity (Wildman–Crippen MR) is 85.3 cm³/mol. The lowest BCUT2D eigenvalue weighted by atomic mass is 10.1. The fourth-order valence-corrected chi connectivity index (χ4v) is 4.02. The van der Waals surface area contributed by atoms with Crippen molar-refractivity contribution in [1.82, 2.24) is 4.90 Å². The smallest absolute Gasteiger partial charge is 0.233 e. The normalized spacial score (nSPS) is 14.2. The maximum absolute atomic E-state index is 12.3. The van der Waals surface area contributed by atoms with Gasteiger partial charge >= 0.3 is 0 Å². The molecule has 2 heterocycles. The number of amides is 1. The Morgan fingerprint density at radius 1 is 1.30 bits per heavy atom. The number of benzene rings is 1. The highest BCUT2D eigenvalue weighted by Gasteiger charge is 2.21. The number of nitrogens with zero attached hydrogens (tertiary/aromatic N) is 1. The number of rotatable bonds is 3. The fourth-order valence-electron chi connectivity index (χ4n) is 2.33. The quantitative estimate of drug-likeness (QED) is 0.805. The van der Waals surface area contributed by atoms with Crippen molar-refractivity contribution in [3.63, 3.8) is 0 Å². The lowest BCUT2D eigenvalue weighted by Crippen LogP contribution is -2.36. The molecule has 1 aromatic carbocycles. The van der Waals surface area contributed by atoms with Gasteiger partial charge in [0.05, 0.1) is 5.75 Å². The molecular weight excluding hydrogens is 286 g/mol. The Balaban J connectivity index is 1.56. The molecule has 0 radical (unpaired) electrons. The molecule has 2 nitrogen and oxygen atoms in total. The summed E-state index contributed by atoms with van der Waals surface area (Å²) in [6.45, 7) is 3.72. The fraction of sp³-hybridized carbons (Fsp3) is 0.312. The molecular formula is C16H17NOS2. The van der Waals surface area contributed by atoms with Crippen LogP contribution in [0.3, 0.4) is 0 Å². The highest BCUT2D eigenvalue weighted by Crippen LogP contribution is 2.25. The molecule has 1 amide bonds. The van der Waals surface area contributed by atoms with E-state index in [4.69, 9.17) is 0 Å². The molecule has 1 aromatic heterocycles. The van der Waals surface area contributed by atoms with Crippen LogP contribution in [0, 0.1) is 6.92 Å². The highest BCUT2D eigenvalue weighted by molar-refractivity contribution is 8.00. The molecule has 0 saturated carbocycles. The van der Waals surface area contributed by atoms with Crippen molar-refractivity contribution in [2.24, 2.45) is 0 Å². The SMILES string of the molecule is Cc1ccc(SCC(=O)N2CCc3sccc3C2)cc1. The summed E-state index contributed by atoms with van der Waals surface area (Å²) in [5, 5.41) is 2.12. The monoisotopic (exact) mass is 303 g/mol. The molecule has 1 aliphatic rings. The zero-order chi connectivity index (χ0) is 13.9. The van der Waals surface area contributed by atoms with Gasteiger partial charge in [-0.25, -0.2) is 0 Å². The van der Waals surface area contributed by atoms with Crippen molar-refractivity contribution in [2.45, 2.75) is 24.8 Å². The number of carbonyl (C=O) groups is 1. The largest absolute Gasteiger partial charge is 0.337 e. The van der Waals surface area contributed by atoms with Crippen LogP contribution in [-0.2, 0) is 17.8 Å². The van der Waals surface area contributed by atoms with Crippen molar-refractivity contribution in [1.29, 1.82) is 0 Å². The summed E-state index contributed by atoms with van der Waals surface area (Å²) < 4.78 is 0. The summed E-state index contributed by atoms with van der Waals surface area (Å²) in [5.41, 5.74) is 2.58. The third kappa shape index (κ3) is 3.07. The first kappa shape index (κ1) is 13.7. The molecule has 0 saturated heterocycles. The van der Waals surface area contributed by atoms with E-state index in [1.165, 1.54) is 16.0 Å². The molecule has 0 bridgehead atoms. The Morgan fingerprint density at radius 3 is 2.90 bits per heavy atom. The van der Waals surface area contributed by atoms with Gasteiger partial charge in [0, 0.05) is 22.9 Å². The molecule has 20 heavy (non-hydrogen) atoms. The molecule has 104 valence electrons. The summed E-state index contributed by atoms with van der Waals surface area (Å²) in [5.74, 6) is 0.773. The van der Waals surface area contributed by atoms with Crippen LogP contribution in [0.25, 0.3) is 0 Å². The van der Waals surface area contributed by atoms with Gasteiger partial charge in [-0.05, 0) is 42.5 Å². The second-order valence-corrected chi connectivity index (χ2v) is 7.09. The van der Waals surface area contributed by atoms with E-state index in [1.54, 1.807) is 11.8 Å². The number of fused-ring (bicyclic) bond motifs is 1. The van der Waals surface area contributed by atoms with E-state index in [0.717, 1.165) is 24.4 Å². The molecule has 3 rings (SSSR count). The number of thioether (sulfide) groups is 1. The van der Waals surface area contributed by atoms with E-state index in [-0.39, 0.29) is 5.91 Å². The van der Waals surface area contributed by atoms with Gasteiger partial charge in [-0.1, -0.05) is 17.7 Å². The molecule has 4 heteroatoms. The van der Waals surface area contributed by atoms with E-state index >= 15 is 0 Å². The van der Waals surface area contributed by atoms with Crippen molar-refractivity contribution in [3.05, 3.63) is 51.7 Å². The molecule has 0 fully saturated rings. The minimum Gasteiger partial charge on any atom is -0.337 e. The van der Waals surface area contributed by atoms with Crippen molar-refractivity contribution >= 4 is 29.0 Å². The van der Waals surface area contributed by atoms with Gasteiger partial charge in [0.2, 0.25) is 5.91 Å². The number of aryl methyl sites for hydroxylation is 1. The Morgan fingerprint density at radius 2 is 2.10 bits per heavy atom. The van der Waals surface area contributed by atoms with Crippen LogP contribution in [0.15, 0.2) is 40.6 Å². The summed E-state index contributed by atoms with van der Waals surface area (Å²) in [4.78, 5) is 16.9. The van der Waals surface area contributed by atoms with Crippen LogP contribution in [-0.4, -0.2) is 23.1 Å². The molecule has 0 atom stereocenters. The predicted octanol–water partition coefficient (Wildman–Crippen LogP) is 3.73. The van der Waals surface area contributed by atoms with Crippen molar-refractivity contribution in [2.75, 3.05) is 12.3 Å². The van der Waals surface area contributed by atoms with Gasteiger partial charge in [0.25, 0.3) is 0 Å². The first-order chi connectivity index (χ1) is 9.72. The summed E-state index contributed by atoms with van der Waals surface area (Å²) in [7, 11) is 0. The minimum atomic E-state index is 0.243. The van der Waals surface area contributed by atoms with Crippen LogP contribution in [0.1, 0.15) is 16.0 Å². The van der Waals surface area contributed by atoms with Gasteiger partial charge in [-0.2, -0.15) is 0 Å². The second-order valence-electron chi connectivity index (χ2n) is 5.04. The maximum Gasteiger partial charge on any atom is 0.233 e. The number of hydrogen-bond acceptors (Lipinski definition) is 3. The summed E-state index contributed by atoms with van der Waals surface area (Å²) >= 11 is 3.43. The molecule has 0 spiro atoms. The van der Waals surface area contributed by atoms with Crippen LogP contribution in [0.2, 0.25) is 0 Å². The van der Waals surface area contributed by atoms with Gasteiger partial charge in [0.1, 0.15) is 0 Å². The summed E-state index contributed by atoms with van der Waals surface area (Å²) in [6.07, 6.45) is 1.01. The first-order valence-corrected chi connectivity index (χ1v) is 8.61. The van der Waals surface area contributed by atoms with E-state index in [9.17, 15) is 4.79 Å². The van der Waals surface area contributed by atoms with Gasteiger partial charge in [0.15, 0.2) is 0 Å². The number of hydrogen-bond donors (Lipinski definition) is 0. The standard InChI is InChI=1S/C16H17NOS2/c1-12-2-4-14(5-3-12)20-11-16(18)17-8-6-15-13(10-17)7-9-19-15/h2-5,7,9H,6,8,10-11H2,1H3. The van der Waals surface area contributed by atoms with E-state index in [1.807, 2.05) is 16.2 Å². The lowest BCUT2D eigenvalue weighted by molar-refractivity contribution is -0.129. The lowest BCUT2D eigenvalue weighted by Gasteiger charge is -2.26. The Labute approximate surface area is 127 Å². The topological polar surface area (TPSA) is 20.3 Å². The van der Waals surface area contributed by atoms with Gasteiger partial charge in [-0.15, -0.1) is 23.1 Å². The van der Waals surface area contributed by atoms with E-state index < -0.39 is 0 Å². The van der Waals surface area contributed by atoms with Crippen molar-refractivity contribution < 1.29 is 4.79 Å². The van der Waals surface area contributed by atoms with Crippen LogP contribution in [0.4, 0.5) is 0 Å². The van der Waals surface area contributed by atoms with Gasteiger partial charge in [-0.3, -0.25) is 4.79 Å². The third-order valence-electron chi connectivity index (χ3n) is 3.54. The van der Waals surface area contributed by atoms with Crippen LogP contribution >= 0.6 is 23.1 Å². The first-order valence-electron chi connectivity index (χ1n) is 6.75. The average molecular weight is 303 g/mol. The molecule has 0 unspecified atom stereocenters. The number of thiophene rings is 1. The molecule has 2 aromatic rings. The molecule has 0 aliphatic carbocycles. The zero-order valence-electron chi connectivity index (χ0n) is 11.5. The zero-order valence-corrected chi connectivity index (χ0v) is 13.1. The molecule has 0 N–H and O–H groups in total. The molecule has 1 aliphatic heterocycles. The van der Waals surface area contributed by atoms with E-state index in [2.05, 4.69) is 42.6 Å².